The van der Waals surface area contributed by atoms with Crippen molar-refractivity contribution in [2.75, 3.05) is 25.0 Å². The third-order valence-electron chi connectivity index (χ3n) is 3.68. The lowest BCUT2D eigenvalue weighted by Gasteiger charge is -2.20. The molecule has 0 saturated carbocycles. The molecule has 0 bridgehead atoms. The molecule has 7 heteroatoms. The van der Waals surface area contributed by atoms with E-state index >= 15 is 0 Å². The van der Waals surface area contributed by atoms with Crippen LogP contribution in [0, 0.1) is 10.1 Å². The van der Waals surface area contributed by atoms with Gasteiger partial charge in [-0.2, -0.15) is 0 Å². The summed E-state index contributed by atoms with van der Waals surface area (Å²) in [7, 11) is 1.98. The topological polar surface area (TPSA) is 87.1 Å². The van der Waals surface area contributed by atoms with Crippen molar-refractivity contribution in [3.05, 3.63) is 28.3 Å². The monoisotopic (exact) mass is 275 g/mol. The highest BCUT2D eigenvalue weighted by atomic mass is 16.6. The Labute approximate surface area is 116 Å². The van der Waals surface area contributed by atoms with Gasteiger partial charge in [0.25, 0.3) is 5.69 Å². The number of imidazole rings is 1. The molecule has 1 aromatic heterocycles. The number of nitro groups is 1. The summed E-state index contributed by atoms with van der Waals surface area (Å²) in [6.07, 6.45) is 2.39. The number of rotatable bonds is 4. The van der Waals surface area contributed by atoms with Gasteiger partial charge in [-0.15, -0.1) is 0 Å². The van der Waals surface area contributed by atoms with Gasteiger partial charge < -0.3 is 15.2 Å². The average Bonchev–Trinajstić information content (AvgIpc) is 3.05. The summed E-state index contributed by atoms with van der Waals surface area (Å²) in [5.41, 5.74) is 1.52. The molecule has 1 aliphatic rings. The van der Waals surface area contributed by atoms with Crippen LogP contribution in [-0.4, -0.2) is 41.1 Å². The zero-order valence-corrected chi connectivity index (χ0v) is 11.3. The minimum Gasteiger partial charge on any atom is -0.344 e. The number of nitro benzene ring substituents is 1. The van der Waals surface area contributed by atoms with Crippen molar-refractivity contribution in [3.8, 4) is 0 Å². The summed E-state index contributed by atoms with van der Waals surface area (Å²) in [5.74, 6) is 0.745. The molecule has 2 aromatic rings. The number of nitrogens with one attached hydrogen (secondary N) is 2. The van der Waals surface area contributed by atoms with E-state index in [4.69, 9.17) is 0 Å². The Hall–Kier alpha value is -2.15. The molecule has 0 aliphatic carbocycles. The first-order chi connectivity index (χ1) is 9.63. The van der Waals surface area contributed by atoms with Crippen LogP contribution in [0.4, 0.5) is 11.6 Å². The molecule has 7 nitrogen and oxygen atoms in total. The Morgan fingerprint density at radius 1 is 1.55 bits per heavy atom. The van der Waals surface area contributed by atoms with Gasteiger partial charge in [0, 0.05) is 31.8 Å². The molecule has 3 rings (SSSR count). The molecule has 1 aromatic carbocycles. The Balaban J connectivity index is 1.82. The first-order valence-electron chi connectivity index (χ1n) is 6.72. The minimum absolute atomic E-state index is 0.0767. The quantitative estimate of drug-likeness (QED) is 0.654. The van der Waals surface area contributed by atoms with E-state index in [1.54, 1.807) is 6.07 Å². The van der Waals surface area contributed by atoms with Crippen molar-refractivity contribution >= 4 is 22.7 Å². The van der Waals surface area contributed by atoms with E-state index in [0.29, 0.717) is 11.6 Å². The van der Waals surface area contributed by atoms with Crippen LogP contribution in [0.25, 0.3) is 11.0 Å². The van der Waals surface area contributed by atoms with Gasteiger partial charge in [0.1, 0.15) is 0 Å². The van der Waals surface area contributed by atoms with E-state index in [0.717, 1.165) is 24.6 Å². The molecular weight excluding hydrogens is 258 g/mol. The van der Waals surface area contributed by atoms with E-state index in [9.17, 15) is 10.1 Å². The molecule has 1 unspecified atom stereocenters. The van der Waals surface area contributed by atoms with E-state index in [1.807, 2.05) is 7.05 Å². The van der Waals surface area contributed by atoms with Crippen LogP contribution >= 0.6 is 0 Å². The van der Waals surface area contributed by atoms with Crippen molar-refractivity contribution in [1.29, 1.82) is 0 Å². The van der Waals surface area contributed by atoms with Gasteiger partial charge in [-0.25, -0.2) is 4.98 Å². The Kier molecular flexibility index (Phi) is 3.27. The van der Waals surface area contributed by atoms with Gasteiger partial charge in [-0.05, 0) is 25.5 Å². The fourth-order valence-electron chi connectivity index (χ4n) is 2.61. The summed E-state index contributed by atoms with van der Waals surface area (Å²) >= 11 is 0. The Bertz CT molecular complexity index is 633. The lowest BCUT2D eigenvalue weighted by molar-refractivity contribution is -0.384. The predicted octanol–water partition coefficient (Wildman–Crippen LogP) is 1.66. The highest BCUT2D eigenvalue weighted by Gasteiger charge is 2.18. The zero-order chi connectivity index (χ0) is 14.1. The number of fused-ring (bicyclic) bond motifs is 1. The summed E-state index contributed by atoms with van der Waals surface area (Å²) in [6, 6.07) is 5.16. The number of aromatic amines is 1. The maximum Gasteiger partial charge on any atom is 0.271 e. The summed E-state index contributed by atoms with van der Waals surface area (Å²) in [6.45, 7) is 1.95. The van der Waals surface area contributed by atoms with Crippen molar-refractivity contribution in [1.82, 2.24) is 15.3 Å². The minimum atomic E-state index is -0.397. The molecule has 1 fully saturated rings. The lowest BCUT2D eigenvalue weighted by Crippen LogP contribution is -2.35. The van der Waals surface area contributed by atoms with Crippen LogP contribution in [0.5, 0.6) is 0 Å². The van der Waals surface area contributed by atoms with E-state index in [1.165, 1.54) is 25.0 Å². The third-order valence-corrected chi connectivity index (χ3v) is 3.68. The zero-order valence-electron chi connectivity index (χ0n) is 11.3. The predicted molar refractivity (Wildman–Crippen MR) is 77.0 cm³/mol. The van der Waals surface area contributed by atoms with Gasteiger partial charge in [0.05, 0.1) is 16.0 Å². The van der Waals surface area contributed by atoms with Gasteiger partial charge in [0.15, 0.2) is 0 Å². The van der Waals surface area contributed by atoms with Crippen LogP contribution < -0.4 is 10.2 Å². The fraction of sp³-hybridized carbons (Fsp3) is 0.462. The molecule has 2 heterocycles. The summed E-state index contributed by atoms with van der Waals surface area (Å²) in [5, 5.41) is 14.2. The Morgan fingerprint density at radius 3 is 3.10 bits per heavy atom. The van der Waals surface area contributed by atoms with Crippen molar-refractivity contribution in [2.45, 2.75) is 18.9 Å². The summed E-state index contributed by atoms with van der Waals surface area (Å²) in [4.78, 5) is 20.0. The van der Waals surface area contributed by atoms with Crippen molar-refractivity contribution < 1.29 is 4.92 Å². The molecule has 0 amide bonds. The SMILES string of the molecule is CN(CC1CCCN1)c1nc2ccc([N+](=O)[O-])cc2[nH]1. The van der Waals surface area contributed by atoms with E-state index in [2.05, 4.69) is 20.2 Å². The van der Waals surface area contributed by atoms with Crippen molar-refractivity contribution in [3.63, 3.8) is 0 Å². The molecular formula is C13H17N5O2. The second kappa shape index (κ2) is 5.09. The normalized spacial score (nSPS) is 18.6. The first kappa shape index (κ1) is 12.9. The van der Waals surface area contributed by atoms with Crippen LogP contribution in [0.2, 0.25) is 0 Å². The van der Waals surface area contributed by atoms with Crippen LogP contribution in [0.3, 0.4) is 0 Å². The second-order valence-electron chi connectivity index (χ2n) is 5.19. The van der Waals surface area contributed by atoms with Crippen LogP contribution in [-0.2, 0) is 0 Å². The number of hydrogen-bond donors (Lipinski definition) is 2. The van der Waals surface area contributed by atoms with E-state index < -0.39 is 4.92 Å². The number of nitrogens with zero attached hydrogens (tertiary/aromatic N) is 3. The number of anilines is 1. The Morgan fingerprint density at radius 2 is 2.40 bits per heavy atom. The highest BCUT2D eigenvalue weighted by molar-refractivity contribution is 5.80. The summed E-state index contributed by atoms with van der Waals surface area (Å²) < 4.78 is 0. The molecule has 106 valence electrons. The van der Waals surface area contributed by atoms with Crippen LogP contribution in [0.15, 0.2) is 18.2 Å². The van der Waals surface area contributed by atoms with Gasteiger partial charge in [0.2, 0.25) is 5.95 Å². The molecule has 1 aliphatic heterocycles. The maximum absolute atomic E-state index is 10.8. The number of likely N-dealkylation sites (N-methyl/N-ethyl adjacent to an activating group) is 1. The number of aromatic nitrogens is 2. The van der Waals surface area contributed by atoms with E-state index in [-0.39, 0.29) is 5.69 Å². The second-order valence-corrected chi connectivity index (χ2v) is 5.19. The smallest absolute Gasteiger partial charge is 0.271 e. The number of H-pyrrole nitrogens is 1. The number of benzene rings is 1. The lowest BCUT2D eigenvalue weighted by atomic mass is 10.2. The molecule has 0 spiro atoms. The molecule has 2 N–H and O–H groups in total. The molecule has 1 saturated heterocycles. The third kappa shape index (κ3) is 2.44. The number of hydrogen-bond acceptors (Lipinski definition) is 5. The van der Waals surface area contributed by atoms with Crippen LogP contribution in [0.1, 0.15) is 12.8 Å². The van der Waals surface area contributed by atoms with Gasteiger partial charge in [-0.3, -0.25) is 10.1 Å². The van der Waals surface area contributed by atoms with Gasteiger partial charge >= 0.3 is 0 Å². The first-order valence-corrected chi connectivity index (χ1v) is 6.72. The standard InChI is InChI=1S/C13H17N5O2/c1-17(8-9-3-2-6-14-9)13-15-11-5-4-10(18(19)20)7-12(11)16-13/h4-5,7,9,14H,2-3,6,8H2,1H3,(H,15,16). The largest absolute Gasteiger partial charge is 0.344 e. The fourth-order valence-corrected chi connectivity index (χ4v) is 2.61. The van der Waals surface area contributed by atoms with Gasteiger partial charge in [-0.1, -0.05) is 0 Å². The molecule has 20 heavy (non-hydrogen) atoms. The number of non-ortho nitro benzene ring substituents is 1. The highest BCUT2D eigenvalue weighted by Crippen LogP contribution is 2.22. The molecule has 1 atom stereocenters. The maximum atomic E-state index is 10.8. The average molecular weight is 275 g/mol. The molecule has 0 radical (unpaired) electrons. The van der Waals surface area contributed by atoms with Crippen molar-refractivity contribution in [2.24, 2.45) is 0 Å².